The molecular weight excluding hydrogens is 188 g/mol. The lowest BCUT2D eigenvalue weighted by molar-refractivity contribution is 0.302. The summed E-state index contributed by atoms with van der Waals surface area (Å²) in [5.74, 6) is 0. The second kappa shape index (κ2) is 5.28. The SMILES string of the molecule is Cc1n[nH]c(C)c1CNCC(C)N(C)C. The smallest absolute Gasteiger partial charge is 0.0638 e. The lowest BCUT2D eigenvalue weighted by atomic mass is 10.2. The van der Waals surface area contributed by atoms with Gasteiger partial charge in [0.2, 0.25) is 0 Å². The zero-order chi connectivity index (χ0) is 11.4. The Morgan fingerprint density at radius 2 is 2.07 bits per heavy atom. The molecule has 1 atom stereocenters. The standard InChI is InChI=1S/C11H22N4/c1-8(15(4)5)6-12-7-11-9(2)13-14-10(11)3/h8,12H,6-7H2,1-5H3,(H,13,14). The predicted molar refractivity (Wildman–Crippen MR) is 62.9 cm³/mol. The van der Waals surface area contributed by atoms with E-state index >= 15 is 0 Å². The van der Waals surface area contributed by atoms with Gasteiger partial charge in [-0.25, -0.2) is 0 Å². The predicted octanol–water partition coefficient (Wildman–Crippen LogP) is 1.07. The molecule has 1 heterocycles. The topological polar surface area (TPSA) is 44.0 Å². The van der Waals surface area contributed by atoms with Crippen molar-refractivity contribution in [1.82, 2.24) is 20.4 Å². The van der Waals surface area contributed by atoms with Gasteiger partial charge in [0.15, 0.2) is 0 Å². The van der Waals surface area contributed by atoms with Gasteiger partial charge >= 0.3 is 0 Å². The molecule has 4 heteroatoms. The van der Waals surface area contributed by atoms with Crippen LogP contribution in [-0.2, 0) is 6.54 Å². The van der Waals surface area contributed by atoms with E-state index in [1.54, 1.807) is 0 Å². The number of aromatic amines is 1. The van der Waals surface area contributed by atoms with Gasteiger partial charge in [0.05, 0.1) is 5.69 Å². The third-order valence-electron chi connectivity index (χ3n) is 2.90. The molecule has 0 saturated heterocycles. The molecule has 0 bridgehead atoms. The van der Waals surface area contributed by atoms with Crippen molar-refractivity contribution in [2.24, 2.45) is 0 Å². The lowest BCUT2D eigenvalue weighted by Gasteiger charge is -2.20. The molecule has 1 unspecified atom stereocenters. The zero-order valence-corrected chi connectivity index (χ0v) is 10.4. The monoisotopic (exact) mass is 210 g/mol. The minimum atomic E-state index is 0.553. The highest BCUT2D eigenvalue weighted by Gasteiger charge is 2.07. The molecule has 15 heavy (non-hydrogen) atoms. The first-order valence-electron chi connectivity index (χ1n) is 5.40. The summed E-state index contributed by atoms with van der Waals surface area (Å²) in [5.41, 5.74) is 3.55. The zero-order valence-electron chi connectivity index (χ0n) is 10.4. The molecule has 0 aliphatic heterocycles. The minimum absolute atomic E-state index is 0.553. The van der Waals surface area contributed by atoms with Crippen LogP contribution in [0.4, 0.5) is 0 Å². The molecule has 0 spiro atoms. The van der Waals surface area contributed by atoms with Crippen LogP contribution in [0.25, 0.3) is 0 Å². The molecule has 1 aromatic heterocycles. The van der Waals surface area contributed by atoms with Gasteiger partial charge in [-0.2, -0.15) is 5.10 Å². The van der Waals surface area contributed by atoms with Crippen LogP contribution in [-0.4, -0.2) is 41.8 Å². The van der Waals surface area contributed by atoms with Gasteiger partial charge in [0.25, 0.3) is 0 Å². The van der Waals surface area contributed by atoms with Crippen molar-refractivity contribution in [2.45, 2.75) is 33.4 Å². The number of aromatic nitrogens is 2. The molecule has 0 aliphatic rings. The van der Waals surface area contributed by atoms with E-state index in [1.807, 2.05) is 6.92 Å². The van der Waals surface area contributed by atoms with E-state index in [2.05, 4.69) is 48.4 Å². The van der Waals surface area contributed by atoms with E-state index in [-0.39, 0.29) is 0 Å². The summed E-state index contributed by atoms with van der Waals surface area (Å²) in [6, 6.07) is 0.553. The number of H-pyrrole nitrogens is 1. The van der Waals surface area contributed by atoms with Crippen LogP contribution in [0.1, 0.15) is 23.9 Å². The van der Waals surface area contributed by atoms with Gasteiger partial charge in [-0.1, -0.05) is 0 Å². The molecule has 0 radical (unpaired) electrons. The Labute approximate surface area is 92.1 Å². The second-order valence-corrected chi connectivity index (χ2v) is 4.36. The van der Waals surface area contributed by atoms with Crippen molar-refractivity contribution < 1.29 is 0 Å². The van der Waals surface area contributed by atoms with Crippen LogP contribution in [0, 0.1) is 13.8 Å². The number of aryl methyl sites for hydroxylation is 2. The van der Waals surface area contributed by atoms with E-state index in [4.69, 9.17) is 0 Å². The molecule has 0 fully saturated rings. The maximum atomic E-state index is 4.17. The highest BCUT2D eigenvalue weighted by Crippen LogP contribution is 2.08. The number of nitrogens with zero attached hydrogens (tertiary/aromatic N) is 2. The summed E-state index contributed by atoms with van der Waals surface area (Å²) >= 11 is 0. The molecule has 1 aromatic rings. The molecule has 1 rings (SSSR count). The Hall–Kier alpha value is -0.870. The van der Waals surface area contributed by atoms with Crippen molar-refractivity contribution in [3.8, 4) is 0 Å². The first kappa shape index (κ1) is 12.2. The summed E-state index contributed by atoms with van der Waals surface area (Å²) in [4.78, 5) is 2.21. The van der Waals surface area contributed by atoms with Crippen molar-refractivity contribution in [3.63, 3.8) is 0 Å². The van der Waals surface area contributed by atoms with Crippen molar-refractivity contribution >= 4 is 0 Å². The Morgan fingerprint density at radius 1 is 1.40 bits per heavy atom. The third-order valence-corrected chi connectivity index (χ3v) is 2.90. The van der Waals surface area contributed by atoms with E-state index in [9.17, 15) is 0 Å². The summed E-state index contributed by atoms with van der Waals surface area (Å²) in [7, 11) is 4.20. The van der Waals surface area contributed by atoms with E-state index in [1.165, 1.54) is 5.56 Å². The maximum absolute atomic E-state index is 4.17. The Kier molecular flexibility index (Phi) is 4.29. The first-order valence-corrected chi connectivity index (χ1v) is 5.40. The molecule has 0 aliphatic carbocycles. The van der Waals surface area contributed by atoms with Crippen LogP contribution in [0.5, 0.6) is 0 Å². The van der Waals surface area contributed by atoms with Crippen LogP contribution < -0.4 is 5.32 Å². The summed E-state index contributed by atoms with van der Waals surface area (Å²) in [6.45, 7) is 8.20. The molecule has 86 valence electrons. The highest BCUT2D eigenvalue weighted by atomic mass is 15.1. The van der Waals surface area contributed by atoms with E-state index < -0.39 is 0 Å². The van der Waals surface area contributed by atoms with E-state index in [0.29, 0.717) is 6.04 Å². The molecule has 2 N–H and O–H groups in total. The summed E-state index contributed by atoms with van der Waals surface area (Å²) in [5, 5.41) is 10.6. The molecule has 0 saturated carbocycles. The minimum Gasteiger partial charge on any atom is -0.311 e. The fraction of sp³-hybridized carbons (Fsp3) is 0.727. The summed E-state index contributed by atoms with van der Waals surface area (Å²) in [6.07, 6.45) is 0. The van der Waals surface area contributed by atoms with Crippen molar-refractivity contribution in [3.05, 3.63) is 17.0 Å². The second-order valence-electron chi connectivity index (χ2n) is 4.36. The van der Waals surface area contributed by atoms with Gasteiger partial charge in [0, 0.05) is 30.4 Å². The van der Waals surface area contributed by atoms with E-state index in [0.717, 1.165) is 24.5 Å². The fourth-order valence-electron chi connectivity index (χ4n) is 1.42. The van der Waals surface area contributed by atoms with Crippen LogP contribution >= 0.6 is 0 Å². The van der Waals surface area contributed by atoms with Crippen molar-refractivity contribution in [2.75, 3.05) is 20.6 Å². The normalized spacial score (nSPS) is 13.5. The summed E-state index contributed by atoms with van der Waals surface area (Å²) < 4.78 is 0. The average Bonchev–Trinajstić information content (AvgIpc) is 2.48. The number of rotatable bonds is 5. The molecular formula is C11H22N4. The Morgan fingerprint density at radius 3 is 2.53 bits per heavy atom. The van der Waals surface area contributed by atoms with Gasteiger partial charge in [-0.05, 0) is 34.9 Å². The van der Waals surface area contributed by atoms with Gasteiger partial charge in [-0.3, -0.25) is 5.10 Å². The Balaban J connectivity index is 2.38. The highest BCUT2D eigenvalue weighted by molar-refractivity contribution is 5.22. The largest absolute Gasteiger partial charge is 0.311 e. The van der Waals surface area contributed by atoms with Gasteiger partial charge < -0.3 is 10.2 Å². The number of nitrogens with one attached hydrogen (secondary N) is 2. The van der Waals surface area contributed by atoms with Crippen LogP contribution in [0.3, 0.4) is 0 Å². The van der Waals surface area contributed by atoms with Gasteiger partial charge in [-0.15, -0.1) is 0 Å². The number of likely N-dealkylation sites (N-methyl/N-ethyl adjacent to an activating group) is 1. The van der Waals surface area contributed by atoms with Crippen LogP contribution in [0.15, 0.2) is 0 Å². The van der Waals surface area contributed by atoms with Gasteiger partial charge in [0.1, 0.15) is 0 Å². The Bertz CT molecular complexity index is 284. The molecule has 0 aromatic carbocycles. The molecule has 0 amide bonds. The quantitative estimate of drug-likeness (QED) is 0.764. The lowest BCUT2D eigenvalue weighted by Crippen LogP contribution is -2.35. The number of hydrogen-bond donors (Lipinski definition) is 2. The number of hydrogen-bond acceptors (Lipinski definition) is 3. The molecule has 4 nitrogen and oxygen atoms in total. The first-order chi connectivity index (χ1) is 7.02. The fourth-order valence-corrected chi connectivity index (χ4v) is 1.42. The van der Waals surface area contributed by atoms with Crippen LogP contribution in [0.2, 0.25) is 0 Å². The third kappa shape index (κ3) is 3.32. The van der Waals surface area contributed by atoms with Crippen molar-refractivity contribution in [1.29, 1.82) is 0 Å². The maximum Gasteiger partial charge on any atom is 0.0638 e. The average molecular weight is 210 g/mol.